The highest BCUT2D eigenvalue weighted by Crippen LogP contribution is 2.48. The summed E-state index contributed by atoms with van der Waals surface area (Å²) in [5.41, 5.74) is 0.545. The molecule has 1 N–H and O–H groups in total. The highest BCUT2D eigenvalue weighted by atomic mass is 16.2. The fourth-order valence-electron chi connectivity index (χ4n) is 4.59. The lowest BCUT2D eigenvalue weighted by Crippen LogP contribution is -2.49. The third kappa shape index (κ3) is 2.81. The van der Waals surface area contributed by atoms with Crippen molar-refractivity contribution < 1.29 is 4.79 Å². The maximum absolute atomic E-state index is 12.2. The number of hydrogen-bond donors (Lipinski definition) is 1. The van der Waals surface area contributed by atoms with Crippen LogP contribution in [0.25, 0.3) is 0 Å². The maximum atomic E-state index is 12.2. The SMILES string of the molecule is O=C(CNC1CCCCC12CCCC2)N1CCCC1. The van der Waals surface area contributed by atoms with E-state index in [0.29, 0.717) is 23.9 Å². The number of hydrogen-bond acceptors (Lipinski definition) is 2. The van der Waals surface area contributed by atoms with Gasteiger partial charge in [0.05, 0.1) is 6.54 Å². The molecule has 3 fully saturated rings. The molecule has 0 bridgehead atoms. The lowest BCUT2D eigenvalue weighted by atomic mass is 9.69. The van der Waals surface area contributed by atoms with E-state index in [9.17, 15) is 4.79 Å². The zero-order valence-corrected chi connectivity index (χ0v) is 12.1. The van der Waals surface area contributed by atoms with Crippen molar-refractivity contribution in [3.63, 3.8) is 0 Å². The van der Waals surface area contributed by atoms with Gasteiger partial charge in [-0.3, -0.25) is 4.79 Å². The Hall–Kier alpha value is -0.570. The number of likely N-dealkylation sites (tertiary alicyclic amines) is 1. The minimum absolute atomic E-state index is 0.330. The van der Waals surface area contributed by atoms with Crippen molar-refractivity contribution in [2.75, 3.05) is 19.6 Å². The normalized spacial score (nSPS) is 30.1. The molecule has 1 heterocycles. The van der Waals surface area contributed by atoms with Crippen LogP contribution >= 0.6 is 0 Å². The quantitative estimate of drug-likeness (QED) is 0.850. The first-order valence-electron chi connectivity index (χ1n) is 8.31. The van der Waals surface area contributed by atoms with Gasteiger partial charge >= 0.3 is 0 Å². The van der Waals surface area contributed by atoms with Gasteiger partial charge in [0.25, 0.3) is 0 Å². The van der Waals surface area contributed by atoms with Gasteiger partial charge in [-0.15, -0.1) is 0 Å². The highest BCUT2D eigenvalue weighted by molar-refractivity contribution is 5.78. The minimum Gasteiger partial charge on any atom is -0.342 e. The molecule has 3 heteroatoms. The second kappa shape index (κ2) is 5.82. The molecule has 108 valence electrons. The third-order valence-electron chi connectivity index (χ3n) is 5.71. The van der Waals surface area contributed by atoms with Gasteiger partial charge in [0.15, 0.2) is 0 Å². The average Bonchev–Trinajstić information content (AvgIpc) is 3.09. The fourth-order valence-corrected chi connectivity index (χ4v) is 4.59. The maximum Gasteiger partial charge on any atom is 0.236 e. The van der Waals surface area contributed by atoms with E-state index in [1.807, 2.05) is 4.90 Å². The molecule has 3 rings (SSSR count). The van der Waals surface area contributed by atoms with Crippen molar-refractivity contribution in [3.05, 3.63) is 0 Å². The fraction of sp³-hybridized carbons (Fsp3) is 0.938. The standard InChI is InChI=1S/C16H28N2O/c19-15(18-11-5-6-12-18)13-17-14-7-1-2-8-16(14)9-3-4-10-16/h14,17H,1-13H2. The topological polar surface area (TPSA) is 32.3 Å². The van der Waals surface area contributed by atoms with Gasteiger partial charge in [-0.05, 0) is 43.9 Å². The Labute approximate surface area is 117 Å². The van der Waals surface area contributed by atoms with E-state index in [1.54, 1.807) is 0 Å². The van der Waals surface area contributed by atoms with E-state index in [-0.39, 0.29) is 0 Å². The van der Waals surface area contributed by atoms with E-state index >= 15 is 0 Å². The van der Waals surface area contributed by atoms with Crippen LogP contribution in [-0.2, 0) is 4.79 Å². The van der Waals surface area contributed by atoms with E-state index in [0.717, 1.165) is 13.1 Å². The number of carbonyl (C=O) groups is 1. The lowest BCUT2D eigenvalue weighted by Gasteiger charge is -2.42. The van der Waals surface area contributed by atoms with E-state index in [2.05, 4.69) is 5.32 Å². The number of rotatable bonds is 3. The molecule has 1 atom stereocenters. The summed E-state index contributed by atoms with van der Waals surface area (Å²) in [6, 6.07) is 0.607. The Morgan fingerprint density at radius 2 is 1.63 bits per heavy atom. The van der Waals surface area contributed by atoms with Gasteiger partial charge in [-0.25, -0.2) is 0 Å². The number of nitrogens with one attached hydrogen (secondary N) is 1. The van der Waals surface area contributed by atoms with E-state index in [1.165, 1.54) is 64.2 Å². The first kappa shape index (κ1) is 13.4. The highest BCUT2D eigenvalue weighted by Gasteiger charge is 2.42. The Morgan fingerprint density at radius 1 is 1.00 bits per heavy atom. The number of amides is 1. The lowest BCUT2D eigenvalue weighted by molar-refractivity contribution is -0.129. The van der Waals surface area contributed by atoms with Gasteiger partial charge in [-0.2, -0.15) is 0 Å². The molecule has 2 saturated carbocycles. The van der Waals surface area contributed by atoms with Crippen LogP contribution in [-0.4, -0.2) is 36.5 Å². The Kier molecular flexibility index (Phi) is 4.11. The van der Waals surface area contributed by atoms with Gasteiger partial charge in [0, 0.05) is 19.1 Å². The number of carbonyl (C=O) groups excluding carboxylic acids is 1. The van der Waals surface area contributed by atoms with Gasteiger partial charge in [0.1, 0.15) is 0 Å². The van der Waals surface area contributed by atoms with Crippen LogP contribution in [0.3, 0.4) is 0 Å². The summed E-state index contributed by atoms with van der Waals surface area (Å²) in [6.45, 7) is 2.54. The smallest absolute Gasteiger partial charge is 0.236 e. The summed E-state index contributed by atoms with van der Waals surface area (Å²) < 4.78 is 0. The van der Waals surface area contributed by atoms with Gasteiger partial charge in [0.2, 0.25) is 5.91 Å². The molecule has 0 aromatic heterocycles. The average molecular weight is 264 g/mol. The van der Waals surface area contributed by atoms with Crippen molar-refractivity contribution in [1.82, 2.24) is 10.2 Å². The summed E-state index contributed by atoms with van der Waals surface area (Å²) in [5, 5.41) is 3.64. The van der Waals surface area contributed by atoms with Crippen molar-refractivity contribution in [2.24, 2.45) is 5.41 Å². The second-order valence-electron chi connectivity index (χ2n) is 6.84. The van der Waals surface area contributed by atoms with Crippen molar-refractivity contribution in [3.8, 4) is 0 Å². The minimum atomic E-state index is 0.330. The predicted octanol–water partition coefficient (Wildman–Crippen LogP) is 2.70. The Bertz CT molecular complexity index is 317. The van der Waals surface area contributed by atoms with Crippen LogP contribution in [0.4, 0.5) is 0 Å². The molecule has 1 spiro atoms. The van der Waals surface area contributed by atoms with Crippen LogP contribution in [0, 0.1) is 5.41 Å². The van der Waals surface area contributed by atoms with Crippen LogP contribution in [0.1, 0.15) is 64.2 Å². The molecule has 1 amide bonds. The molecule has 1 saturated heterocycles. The van der Waals surface area contributed by atoms with Crippen LogP contribution in [0.15, 0.2) is 0 Å². The van der Waals surface area contributed by atoms with Crippen molar-refractivity contribution >= 4 is 5.91 Å². The molecule has 3 nitrogen and oxygen atoms in total. The summed E-state index contributed by atoms with van der Waals surface area (Å²) in [7, 11) is 0. The summed E-state index contributed by atoms with van der Waals surface area (Å²) in [6.07, 6.45) is 13.4. The van der Waals surface area contributed by atoms with Crippen molar-refractivity contribution in [1.29, 1.82) is 0 Å². The molecule has 0 radical (unpaired) electrons. The molecular formula is C16H28N2O. The van der Waals surface area contributed by atoms with E-state index < -0.39 is 0 Å². The summed E-state index contributed by atoms with van der Waals surface area (Å²) in [4.78, 5) is 14.2. The Balaban J connectivity index is 1.54. The third-order valence-corrected chi connectivity index (χ3v) is 5.71. The monoisotopic (exact) mass is 264 g/mol. The number of nitrogens with zero attached hydrogens (tertiary/aromatic N) is 1. The zero-order chi connectivity index (χ0) is 13.1. The molecule has 1 aliphatic heterocycles. The van der Waals surface area contributed by atoms with Crippen molar-refractivity contribution in [2.45, 2.75) is 70.3 Å². The molecular weight excluding hydrogens is 236 g/mol. The van der Waals surface area contributed by atoms with Gasteiger partial charge < -0.3 is 10.2 Å². The Morgan fingerprint density at radius 3 is 2.32 bits per heavy atom. The van der Waals surface area contributed by atoms with Gasteiger partial charge in [-0.1, -0.05) is 25.7 Å². The molecule has 3 aliphatic rings. The molecule has 0 aromatic rings. The molecule has 2 aliphatic carbocycles. The molecule has 1 unspecified atom stereocenters. The second-order valence-corrected chi connectivity index (χ2v) is 6.84. The predicted molar refractivity (Wildman–Crippen MR) is 77.0 cm³/mol. The molecule has 19 heavy (non-hydrogen) atoms. The first-order chi connectivity index (χ1) is 9.30. The van der Waals surface area contributed by atoms with Crippen LogP contribution in [0.5, 0.6) is 0 Å². The first-order valence-corrected chi connectivity index (χ1v) is 8.31. The van der Waals surface area contributed by atoms with Crippen LogP contribution in [0.2, 0.25) is 0 Å². The largest absolute Gasteiger partial charge is 0.342 e. The van der Waals surface area contributed by atoms with E-state index in [4.69, 9.17) is 0 Å². The summed E-state index contributed by atoms with van der Waals surface area (Å²) >= 11 is 0. The summed E-state index contributed by atoms with van der Waals surface area (Å²) in [5.74, 6) is 0.330. The molecule has 0 aromatic carbocycles. The van der Waals surface area contributed by atoms with Crippen LogP contribution < -0.4 is 5.32 Å². The zero-order valence-electron chi connectivity index (χ0n) is 12.1.